The fourth-order valence-electron chi connectivity index (χ4n) is 3.27. The summed E-state index contributed by atoms with van der Waals surface area (Å²) in [5.41, 5.74) is 3.10. The molecule has 1 aliphatic heterocycles. The van der Waals surface area contributed by atoms with Crippen LogP contribution < -0.4 is 25.4 Å². The summed E-state index contributed by atoms with van der Waals surface area (Å²) in [6.07, 6.45) is 0.519. The van der Waals surface area contributed by atoms with E-state index in [0.29, 0.717) is 22.8 Å². The summed E-state index contributed by atoms with van der Waals surface area (Å²) in [6.45, 7) is 0. The Balaban J connectivity index is 1.36. The molecule has 1 heterocycles. The lowest BCUT2D eigenvalue weighted by Crippen LogP contribution is -2.34. The molecule has 4 rings (SSSR count). The van der Waals surface area contributed by atoms with E-state index in [1.165, 1.54) is 7.11 Å². The summed E-state index contributed by atoms with van der Waals surface area (Å²) in [5, 5.41) is 9.94. The average molecular weight is 454 g/mol. The Bertz CT molecular complexity index is 1120. The van der Waals surface area contributed by atoms with Crippen LogP contribution in [0.4, 0.5) is 11.4 Å². The van der Waals surface area contributed by atoms with Gasteiger partial charge >= 0.3 is 0 Å². The summed E-state index contributed by atoms with van der Waals surface area (Å²) < 4.78 is 11.2. The molecule has 0 saturated heterocycles. The number of amides is 1. The maximum atomic E-state index is 12.5. The third-order valence-electron chi connectivity index (χ3n) is 4.74. The third kappa shape index (κ3) is 5.07. The summed E-state index contributed by atoms with van der Waals surface area (Å²) >= 11 is 11.2. The second-order valence-electron chi connectivity index (χ2n) is 6.90. The Kier molecular flexibility index (Phi) is 6.25. The van der Waals surface area contributed by atoms with Crippen molar-refractivity contribution in [3.63, 3.8) is 0 Å². The van der Waals surface area contributed by atoms with E-state index in [-0.39, 0.29) is 17.2 Å². The second-order valence-corrected chi connectivity index (χ2v) is 7.75. The molecule has 0 aromatic heterocycles. The molecule has 1 amide bonds. The lowest BCUT2D eigenvalue weighted by atomic mass is 10.1. The normalized spacial score (nSPS) is 14.1. The SMILES string of the molecule is COc1ccccc1C(=O)NC(=S)Nc1ccc2c(c1)NC(Cc1ccc(Cl)cc1)O2. The van der Waals surface area contributed by atoms with E-state index in [2.05, 4.69) is 16.0 Å². The van der Waals surface area contributed by atoms with Crippen molar-refractivity contribution in [1.29, 1.82) is 0 Å². The van der Waals surface area contributed by atoms with Crippen LogP contribution in [0.2, 0.25) is 5.02 Å². The van der Waals surface area contributed by atoms with E-state index in [0.717, 1.165) is 22.7 Å². The summed E-state index contributed by atoms with van der Waals surface area (Å²) in [5.74, 6) is 0.891. The van der Waals surface area contributed by atoms with Gasteiger partial charge in [0.1, 0.15) is 11.5 Å². The molecule has 3 aromatic carbocycles. The molecule has 0 bridgehead atoms. The van der Waals surface area contributed by atoms with Crippen molar-refractivity contribution in [2.75, 3.05) is 17.7 Å². The summed E-state index contributed by atoms with van der Waals surface area (Å²) in [4.78, 5) is 12.5. The van der Waals surface area contributed by atoms with Gasteiger partial charge in [-0.15, -0.1) is 0 Å². The minimum atomic E-state index is -0.347. The maximum Gasteiger partial charge on any atom is 0.261 e. The van der Waals surface area contributed by atoms with Gasteiger partial charge in [0.2, 0.25) is 0 Å². The van der Waals surface area contributed by atoms with Crippen molar-refractivity contribution >= 4 is 46.2 Å². The van der Waals surface area contributed by atoms with E-state index in [1.54, 1.807) is 24.3 Å². The molecule has 1 aliphatic rings. The van der Waals surface area contributed by atoms with Crippen molar-refractivity contribution in [2.24, 2.45) is 0 Å². The number of nitrogens with one attached hydrogen (secondary N) is 3. The molecular formula is C23H20ClN3O3S. The van der Waals surface area contributed by atoms with Crippen molar-refractivity contribution in [2.45, 2.75) is 12.6 Å². The topological polar surface area (TPSA) is 71.6 Å². The first-order valence-electron chi connectivity index (χ1n) is 9.59. The Hall–Kier alpha value is -3.29. The van der Waals surface area contributed by atoms with Crippen LogP contribution in [0.15, 0.2) is 66.7 Å². The van der Waals surface area contributed by atoms with Crippen molar-refractivity contribution < 1.29 is 14.3 Å². The number of methoxy groups -OCH3 is 1. The van der Waals surface area contributed by atoms with Gasteiger partial charge in [-0.05, 0) is 60.2 Å². The minimum Gasteiger partial charge on any atom is -0.496 e. The van der Waals surface area contributed by atoms with Crippen LogP contribution in [0.3, 0.4) is 0 Å². The van der Waals surface area contributed by atoms with Crippen LogP contribution in [0.5, 0.6) is 11.5 Å². The van der Waals surface area contributed by atoms with Crippen LogP contribution >= 0.6 is 23.8 Å². The molecule has 0 fully saturated rings. The lowest BCUT2D eigenvalue weighted by molar-refractivity contribution is 0.0975. The quantitative estimate of drug-likeness (QED) is 0.480. The monoisotopic (exact) mass is 453 g/mol. The molecule has 8 heteroatoms. The molecule has 0 spiro atoms. The number of halogens is 1. The number of para-hydroxylation sites is 1. The number of rotatable bonds is 5. The van der Waals surface area contributed by atoms with Gasteiger partial charge in [0.15, 0.2) is 11.3 Å². The Morgan fingerprint density at radius 2 is 1.94 bits per heavy atom. The predicted molar refractivity (Wildman–Crippen MR) is 126 cm³/mol. The number of hydrogen-bond donors (Lipinski definition) is 3. The van der Waals surface area contributed by atoms with Crippen LogP contribution in [0.25, 0.3) is 0 Å². The first kappa shape index (κ1) is 21.0. The number of carbonyl (C=O) groups excluding carboxylic acids is 1. The number of benzene rings is 3. The zero-order chi connectivity index (χ0) is 21.8. The van der Waals surface area contributed by atoms with E-state index >= 15 is 0 Å². The van der Waals surface area contributed by atoms with Gasteiger partial charge in [0.05, 0.1) is 18.4 Å². The first-order valence-corrected chi connectivity index (χ1v) is 10.4. The highest BCUT2D eigenvalue weighted by Gasteiger charge is 2.22. The Morgan fingerprint density at radius 1 is 1.16 bits per heavy atom. The van der Waals surface area contributed by atoms with E-state index in [9.17, 15) is 4.79 Å². The van der Waals surface area contributed by atoms with E-state index in [1.807, 2.05) is 42.5 Å². The third-order valence-corrected chi connectivity index (χ3v) is 5.19. The fraction of sp³-hybridized carbons (Fsp3) is 0.130. The zero-order valence-corrected chi connectivity index (χ0v) is 18.2. The standard InChI is InChI=1S/C23H20ClN3O3S/c1-29-19-5-3-2-4-17(19)22(28)27-23(31)25-16-10-11-20-18(13-16)26-21(30-20)12-14-6-8-15(24)9-7-14/h2-11,13,21,26H,12H2,1H3,(H2,25,27,28,31). The largest absolute Gasteiger partial charge is 0.496 e. The molecule has 3 aromatic rings. The molecule has 0 saturated carbocycles. The van der Waals surface area contributed by atoms with Gasteiger partial charge in [-0.1, -0.05) is 35.9 Å². The lowest BCUT2D eigenvalue weighted by Gasteiger charge is -2.12. The predicted octanol–water partition coefficient (Wildman–Crippen LogP) is 4.85. The zero-order valence-electron chi connectivity index (χ0n) is 16.6. The van der Waals surface area contributed by atoms with Crippen LogP contribution in [0, 0.1) is 0 Å². The smallest absolute Gasteiger partial charge is 0.261 e. The molecule has 0 radical (unpaired) electrons. The molecule has 0 aliphatic carbocycles. The second kappa shape index (κ2) is 9.24. The minimum absolute atomic E-state index is 0.177. The fourth-order valence-corrected chi connectivity index (χ4v) is 3.61. The highest BCUT2D eigenvalue weighted by Crippen LogP contribution is 2.35. The molecule has 1 unspecified atom stereocenters. The average Bonchev–Trinajstić information content (AvgIpc) is 3.16. The first-order chi connectivity index (χ1) is 15.0. The molecule has 3 N–H and O–H groups in total. The Morgan fingerprint density at radius 3 is 2.71 bits per heavy atom. The van der Waals surface area contributed by atoms with Crippen molar-refractivity contribution in [3.8, 4) is 11.5 Å². The Labute approximate surface area is 190 Å². The van der Waals surface area contributed by atoms with Crippen LogP contribution in [-0.4, -0.2) is 24.4 Å². The van der Waals surface area contributed by atoms with Crippen molar-refractivity contribution in [3.05, 3.63) is 82.9 Å². The molecule has 158 valence electrons. The number of anilines is 2. The number of carbonyl (C=O) groups is 1. The molecule has 31 heavy (non-hydrogen) atoms. The molecular weight excluding hydrogens is 434 g/mol. The molecule has 6 nitrogen and oxygen atoms in total. The van der Waals surface area contributed by atoms with Gasteiger partial charge in [-0.3, -0.25) is 10.1 Å². The van der Waals surface area contributed by atoms with Gasteiger partial charge in [-0.2, -0.15) is 0 Å². The summed E-state index contributed by atoms with van der Waals surface area (Å²) in [7, 11) is 1.52. The number of fused-ring (bicyclic) bond motifs is 1. The summed E-state index contributed by atoms with van der Waals surface area (Å²) in [6, 6.07) is 20.2. The highest BCUT2D eigenvalue weighted by molar-refractivity contribution is 7.80. The van der Waals surface area contributed by atoms with Gasteiger partial charge < -0.3 is 20.1 Å². The van der Waals surface area contributed by atoms with Gasteiger partial charge in [0, 0.05) is 17.1 Å². The number of hydrogen-bond acceptors (Lipinski definition) is 5. The highest BCUT2D eigenvalue weighted by atomic mass is 35.5. The van der Waals surface area contributed by atoms with Crippen LogP contribution in [0.1, 0.15) is 15.9 Å². The van der Waals surface area contributed by atoms with Gasteiger partial charge in [-0.25, -0.2) is 0 Å². The van der Waals surface area contributed by atoms with Gasteiger partial charge in [0.25, 0.3) is 5.91 Å². The van der Waals surface area contributed by atoms with Crippen LogP contribution in [-0.2, 0) is 6.42 Å². The number of thiocarbonyl (C=S) groups is 1. The molecule has 1 atom stereocenters. The van der Waals surface area contributed by atoms with Crippen molar-refractivity contribution in [1.82, 2.24) is 5.32 Å². The maximum absolute atomic E-state index is 12.5. The van der Waals surface area contributed by atoms with E-state index < -0.39 is 0 Å². The number of ether oxygens (including phenoxy) is 2. The van der Waals surface area contributed by atoms with E-state index in [4.69, 9.17) is 33.3 Å².